The molecule has 0 saturated carbocycles. The lowest BCUT2D eigenvalue weighted by atomic mass is 9.99. The SMILES string of the molecule is CO[C@@H]1O[C@@H](COP(=O)(O)O)[C@H](OP(=O)(O)O)[C@@H](O)[C@@H]1OP(=O)(O)O. The van der Waals surface area contributed by atoms with Crippen LogP contribution in [0, 0.1) is 0 Å². The van der Waals surface area contributed by atoms with Crippen molar-refractivity contribution in [1.82, 2.24) is 0 Å². The van der Waals surface area contributed by atoms with E-state index in [1.807, 2.05) is 0 Å². The average molecular weight is 434 g/mol. The Balaban J connectivity index is 3.09. The maximum absolute atomic E-state index is 11.0. The fraction of sp³-hybridized carbons (Fsp3) is 1.00. The summed E-state index contributed by atoms with van der Waals surface area (Å²) >= 11 is 0. The minimum atomic E-state index is -5.26. The third kappa shape index (κ3) is 8.18. The zero-order chi connectivity index (χ0) is 19.6. The van der Waals surface area contributed by atoms with Gasteiger partial charge in [0.1, 0.15) is 24.4 Å². The summed E-state index contributed by atoms with van der Waals surface area (Å²) in [4.78, 5) is 52.8. The van der Waals surface area contributed by atoms with E-state index >= 15 is 0 Å². The highest BCUT2D eigenvalue weighted by atomic mass is 31.2. The Kier molecular flexibility index (Phi) is 7.89. The van der Waals surface area contributed by atoms with Crippen LogP contribution in [0.3, 0.4) is 0 Å². The van der Waals surface area contributed by atoms with Crippen LogP contribution in [0.25, 0.3) is 0 Å². The van der Waals surface area contributed by atoms with Crippen LogP contribution in [0.4, 0.5) is 0 Å². The van der Waals surface area contributed by atoms with Gasteiger partial charge in [0.25, 0.3) is 0 Å². The molecule has 1 fully saturated rings. The monoisotopic (exact) mass is 434 g/mol. The van der Waals surface area contributed by atoms with Crippen LogP contribution in [0.5, 0.6) is 0 Å². The first-order chi connectivity index (χ1) is 11.1. The molecular weight excluding hydrogens is 417 g/mol. The molecule has 0 aliphatic carbocycles. The fourth-order valence-electron chi connectivity index (χ4n) is 1.95. The Hall–Kier alpha value is 0.210. The summed E-state index contributed by atoms with van der Waals surface area (Å²) < 4.78 is 55.2. The minimum absolute atomic E-state index is 0.985. The Morgan fingerprint density at radius 3 is 1.76 bits per heavy atom. The Bertz CT molecular complexity index is 574. The molecule has 1 aliphatic rings. The summed E-state index contributed by atoms with van der Waals surface area (Å²) in [6, 6.07) is 0. The Labute approximate surface area is 140 Å². The molecule has 0 aromatic carbocycles. The van der Waals surface area contributed by atoms with E-state index < -0.39 is 60.8 Å². The van der Waals surface area contributed by atoms with E-state index in [-0.39, 0.29) is 0 Å². The number of hydrogen-bond acceptors (Lipinski definition) is 9. The largest absolute Gasteiger partial charge is 0.470 e. The van der Waals surface area contributed by atoms with Gasteiger partial charge in [-0.25, -0.2) is 13.7 Å². The predicted octanol–water partition coefficient (Wildman–Crippen LogP) is -2.22. The summed E-state index contributed by atoms with van der Waals surface area (Å²) in [6.07, 6.45) is -9.50. The van der Waals surface area contributed by atoms with Crippen molar-refractivity contribution in [2.75, 3.05) is 13.7 Å². The van der Waals surface area contributed by atoms with E-state index in [2.05, 4.69) is 13.6 Å². The van der Waals surface area contributed by atoms with Gasteiger partial charge < -0.3 is 43.9 Å². The van der Waals surface area contributed by atoms with Crippen LogP contribution in [-0.2, 0) is 36.7 Å². The van der Waals surface area contributed by atoms with E-state index in [1.54, 1.807) is 0 Å². The highest BCUT2D eigenvalue weighted by molar-refractivity contribution is 7.46. The summed E-state index contributed by atoms with van der Waals surface area (Å²) in [5, 5.41) is 10.1. The van der Waals surface area contributed by atoms with Crippen molar-refractivity contribution in [2.24, 2.45) is 0 Å². The number of phosphoric acid groups is 3. The molecule has 1 saturated heterocycles. The number of ether oxygens (including phenoxy) is 2. The van der Waals surface area contributed by atoms with Crippen molar-refractivity contribution in [3.05, 3.63) is 0 Å². The second-order valence-corrected chi connectivity index (χ2v) is 8.30. The summed E-state index contributed by atoms with van der Waals surface area (Å²) in [5.41, 5.74) is 0. The summed E-state index contributed by atoms with van der Waals surface area (Å²) in [7, 11) is -14.5. The van der Waals surface area contributed by atoms with Crippen molar-refractivity contribution >= 4 is 23.5 Å². The van der Waals surface area contributed by atoms with E-state index in [1.165, 1.54) is 0 Å². The molecule has 18 heteroatoms. The van der Waals surface area contributed by atoms with Crippen LogP contribution in [0.15, 0.2) is 0 Å². The lowest BCUT2D eigenvalue weighted by Gasteiger charge is -2.42. The molecule has 7 N–H and O–H groups in total. The number of rotatable bonds is 8. The van der Waals surface area contributed by atoms with E-state index in [0.29, 0.717) is 0 Å². The minimum Gasteiger partial charge on any atom is -0.387 e. The van der Waals surface area contributed by atoms with E-state index in [4.69, 9.17) is 38.8 Å². The van der Waals surface area contributed by atoms with Crippen molar-refractivity contribution in [1.29, 1.82) is 0 Å². The van der Waals surface area contributed by atoms with Gasteiger partial charge in [-0.1, -0.05) is 0 Å². The van der Waals surface area contributed by atoms with Crippen molar-refractivity contribution in [3.63, 3.8) is 0 Å². The van der Waals surface area contributed by atoms with Gasteiger partial charge in [0.2, 0.25) is 0 Å². The van der Waals surface area contributed by atoms with E-state index in [9.17, 15) is 18.8 Å². The highest BCUT2D eigenvalue weighted by Gasteiger charge is 2.51. The van der Waals surface area contributed by atoms with Gasteiger partial charge in [0.05, 0.1) is 6.61 Å². The molecule has 25 heavy (non-hydrogen) atoms. The van der Waals surface area contributed by atoms with Crippen molar-refractivity contribution in [3.8, 4) is 0 Å². The van der Waals surface area contributed by atoms with Crippen LogP contribution in [0.2, 0.25) is 0 Å². The highest BCUT2D eigenvalue weighted by Crippen LogP contribution is 2.46. The molecule has 150 valence electrons. The topological polar surface area (TPSA) is 239 Å². The number of phosphoric ester groups is 3. The smallest absolute Gasteiger partial charge is 0.387 e. The summed E-state index contributed by atoms with van der Waals surface area (Å²) in [6.45, 7) is -1.01. The third-order valence-corrected chi connectivity index (χ3v) is 4.30. The lowest BCUT2D eigenvalue weighted by Crippen LogP contribution is -2.60. The second-order valence-electron chi connectivity index (χ2n) is 4.68. The van der Waals surface area contributed by atoms with Gasteiger partial charge in [-0.15, -0.1) is 0 Å². The van der Waals surface area contributed by atoms with E-state index in [0.717, 1.165) is 7.11 Å². The van der Waals surface area contributed by atoms with Crippen LogP contribution < -0.4 is 0 Å². The molecular formula is C7H17O15P3. The number of hydrogen-bond donors (Lipinski definition) is 7. The molecule has 0 spiro atoms. The predicted molar refractivity (Wildman–Crippen MR) is 73.5 cm³/mol. The quantitative estimate of drug-likeness (QED) is 0.200. The number of methoxy groups -OCH3 is 1. The van der Waals surface area contributed by atoms with Crippen LogP contribution in [0.1, 0.15) is 0 Å². The standard InChI is InChI=1S/C7H17O15P3/c1-18-7-6(22-25(15,16)17)4(8)5(21-24(12,13)14)3(20-7)2-19-23(9,10)11/h3-8H,2H2,1H3,(H2,9,10,11)(H2,12,13,14)(H2,15,16,17)/t3-,4+,5-,6-,7+/m0/s1. The second kappa shape index (κ2) is 8.48. The fourth-order valence-corrected chi connectivity index (χ4v) is 3.41. The molecule has 1 heterocycles. The molecule has 0 amide bonds. The van der Waals surface area contributed by atoms with Gasteiger partial charge in [0, 0.05) is 7.11 Å². The maximum atomic E-state index is 11.0. The zero-order valence-electron chi connectivity index (χ0n) is 12.3. The van der Waals surface area contributed by atoms with Gasteiger partial charge in [-0.2, -0.15) is 0 Å². The first-order valence-electron chi connectivity index (χ1n) is 6.17. The van der Waals surface area contributed by atoms with Gasteiger partial charge in [0.15, 0.2) is 6.29 Å². The first-order valence-corrected chi connectivity index (χ1v) is 10.8. The maximum Gasteiger partial charge on any atom is 0.470 e. The molecule has 1 rings (SSSR count). The number of aliphatic hydroxyl groups is 1. The Morgan fingerprint density at radius 1 is 0.880 bits per heavy atom. The molecule has 0 bridgehead atoms. The summed E-state index contributed by atoms with van der Waals surface area (Å²) in [5.74, 6) is 0. The van der Waals surface area contributed by atoms with Crippen molar-refractivity contribution in [2.45, 2.75) is 30.7 Å². The third-order valence-electron chi connectivity index (χ3n) is 2.77. The molecule has 0 aromatic rings. The molecule has 1 aliphatic heterocycles. The zero-order valence-corrected chi connectivity index (χ0v) is 15.0. The van der Waals surface area contributed by atoms with Crippen molar-refractivity contribution < 1.29 is 71.2 Å². The molecule has 0 radical (unpaired) electrons. The Morgan fingerprint density at radius 2 is 1.36 bits per heavy atom. The average Bonchev–Trinajstić information content (AvgIpc) is 2.38. The van der Waals surface area contributed by atoms with Crippen LogP contribution >= 0.6 is 23.5 Å². The normalized spacial score (nSPS) is 31.9. The lowest BCUT2D eigenvalue weighted by molar-refractivity contribution is -0.287. The van der Waals surface area contributed by atoms with Gasteiger partial charge in [-0.3, -0.25) is 13.6 Å². The van der Waals surface area contributed by atoms with Gasteiger partial charge >= 0.3 is 23.5 Å². The molecule has 0 aromatic heterocycles. The molecule has 15 nitrogen and oxygen atoms in total. The number of aliphatic hydroxyl groups excluding tert-OH is 1. The first kappa shape index (κ1) is 23.2. The molecule has 5 atom stereocenters. The molecule has 0 unspecified atom stereocenters. The van der Waals surface area contributed by atoms with Gasteiger partial charge in [-0.05, 0) is 0 Å². The van der Waals surface area contributed by atoms with Crippen LogP contribution in [-0.4, -0.2) is 78.9 Å².